The highest BCUT2D eigenvalue weighted by molar-refractivity contribution is 7.90. The Balaban J connectivity index is 1.88. The normalized spacial score (nSPS) is 19.2. The Bertz CT molecular complexity index is 845. The van der Waals surface area contributed by atoms with Gasteiger partial charge in [-0.1, -0.05) is 0 Å². The average Bonchev–Trinajstić information content (AvgIpc) is 2.97. The number of carbonyl (C=O) groups excluding carboxylic acids is 1. The number of nitrogens with zero attached hydrogens (tertiary/aromatic N) is 4. The lowest BCUT2D eigenvalue weighted by atomic mass is 10.1. The fourth-order valence-corrected chi connectivity index (χ4v) is 4.01. The monoisotopic (exact) mass is 337 g/mol. The second-order valence-corrected chi connectivity index (χ2v) is 7.82. The molecule has 1 aliphatic rings. The molecule has 8 nitrogen and oxygen atoms in total. The van der Waals surface area contributed by atoms with Crippen LogP contribution in [0.5, 0.6) is 0 Å². The third-order valence-corrected chi connectivity index (χ3v) is 5.96. The lowest BCUT2D eigenvalue weighted by Gasteiger charge is -2.31. The summed E-state index contributed by atoms with van der Waals surface area (Å²) in [6.45, 7) is 2.57. The second kappa shape index (κ2) is 5.89. The Labute approximate surface area is 134 Å². The molecule has 0 bridgehead atoms. The molecule has 2 aromatic heterocycles. The molecular weight excluding hydrogens is 318 g/mol. The van der Waals surface area contributed by atoms with Crippen LogP contribution in [-0.4, -0.2) is 59.2 Å². The molecule has 1 atom stereocenters. The van der Waals surface area contributed by atoms with Crippen LogP contribution in [0.25, 0.3) is 5.65 Å². The van der Waals surface area contributed by atoms with E-state index in [-0.39, 0.29) is 12.5 Å². The maximum absolute atomic E-state index is 12.8. The summed E-state index contributed by atoms with van der Waals surface area (Å²) in [5, 5.41) is 3.55. The van der Waals surface area contributed by atoms with Gasteiger partial charge < -0.3 is 4.90 Å². The van der Waals surface area contributed by atoms with E-state index in [9.17, 15) is 13.2 Å². The summed E-state index contributed by atoms with van der Waals surface area (Å²) in [5.74, 6) is -0.228. The lowest BCUT2D eigenvalue weighted by Crippen LogP contribution is -2.47. The van der Waals surface area contributed by atoms with Crippen molar-refractivity contribution in [2.75, 3.05) is 20.1 Å². The first kappa shape index (κ1) is 15.9. The molecule has 0 aromatic carbocycles. The number of fused-ring (bicyclic) bond motifs is 1. The average molecular weight is 337 g/mol. The van der Waals surface area contributed by atoms with E-state index in [4.69, 9.17) is 0 Å². The van der Waals surface area contributed by atoms with Gasteiger partial charge in [0.05, 0.1) is 11.4 Å². The van der Waals surface area contributed by atoms with Crippen molar-refractivity contribution >= 4 is 21.6 Å². The van der Waals surface area contributed by atoms with Crippen LogP contribution in [0.15, 0.2) is 18.5 Å². The van der Waals surface area contributed by atoms with Crippen molar-refractivity contribution in [2.45, 2.75) is 25.0 Å². The molecule has 1 fully saturated rings. The largest absolute Gasteiger partial charge is 0.337 e. The number of hydrogen-bond acceptors (Lipinski definition) is 5. The molecule has 9 heteroatoms. The number of hydrogen-bond donors (Lipinski definition) is 1. The molecule has 1 aliphatic heterocycles. The van der Waals surface area contributed by atoms with Crippen LogP contribution in [-0.2, 0) is 10.0 Å². The molecule has 0 aliphatic carbocycles. The molecule has 1 unspecified atom stereocenters. The number of piperidine rings is 1. The number of aromatic nitrogens is 3. The zero-order valence-electron chi connectivity index (χ0n) is 13.1. The highest BCUT2D eigenvalue weighted by Crippen LogP contribution is 2.20. The van der Waals surface area contributed by atoms with Crippen LogP contribution >= 0.6 is 0 Å². The molecule has 2 aromatic rings. The van der Waals surface area contributed by atoms with Crippen LogP contribution in [0.3, 0.4) is 0 Å². The van der Waals surface area contributed by atoms with Crippen LogP contribution in [0.4, 0.5) is 0 Å². The third kappa shape index (κ3) is 2.93. The minimum absolute atomic E-state index is 0.186. The second-order valence-electron chi connectivity index (χ2n) is 5.66. The van der Waals surface area contributed by atoms with Gasteiger partial charge in [-0.05, 0) is 32.9 Å². The summed E-state index contributed by atoms with van der Waals surface area (Å²) >= 11 is 0. The molecule has 1 N–H and O–H groups in total. The van der Waals surface area contributed by atoms with Crippen molar-refractivity contribution in [1.29, 1.82) is 0 Å². The summed E-state index contributed by atoms with van der Waals surface area (Å²) in [5.41, 5.74) is 1.69. The molecule has 0 saturated carbocycles. The van der Waals surface area contributed by atoms with E-state index >= 15 is 0 Å². The van der Waals surface area contributed by atoms with Crippen molar-refractivity contribution in [3.63, 3.8) is 0 Å². The first-order valence-corrected chi connectivity index (χ1v) is 8.99. The molecule has 3 heterocycles. The van der Waals surface area contributed by atoms with Crippen molar-refractivity contribution in [3.8, 4) is 0 Å². The van der Waals surface area contributed by atoms with E-state index < -0.39 is 15.3 Å². The Kier molecular flexibility index (Phi) is 4.07. The Morgan fingerprint density at radius 2 is 2.22 bits per heavy atom. The highest BCUT2D eigenvalue weighted by atomic mass is 32.2. The Morgan fingerprint density at radius 1 is 1.43 bits per heavy atom. The molecular formula is C14H19N5O3S. The molecule has 23 heavy (non-hydrogen) atoms. The number of rotatable bonds is 3. The molecule has 3 rings (SSSR count). The summed E-state index contributed by atoms with van der Waals surface area (Å²) in [7, 11) is -1.99. The van der Waals surface area contributed by atoms with Crippen LogP contribution in [0.1, 0.15) is 28.9 Å². The third-order valence-electron chi connectivity index (χ3n) is 4.13. The fourth-order valence-electron chi connectivity index (χ4n) is 2.82. The topological polar surface area (TPSA) is 96.7 Å². The van der Waals surface area contributed by atoms with Gasteiger partial charge in [0.1, 0.15) is 5.56 Å². The van der Waals surface area contributed by atoms with Gasteiger partial charge in [0.15, 0.2) is 5.65 Å². The minimum Gasteiger partial charge on any atom is -0.337 e. The number of amides is 1. The number of carbonyl (C=O) groups is 1. The van der Waals surface area contributed by atoms with E-state index in [1.165, 1.54) is 13.2 Å². The molecule has 0 spiro atoms. The quantitative estimate of drug-likeness (QED) is 0.862. The van der Waals surface area contributed by atoms with Gasteiger partial charge in [-0.15, -0.1) is 0 Å². The van der Waals surface area contributed by atoms with E-state index in [1.807, 2.05) is 13.0 Å². The van der Waals surface area contributed by atoms with Crippen LogP contribution in [0, 0.1) is 6.92 Å². The predicted octanol–water partition coefficient (Wildman–Crippen LogP) is 0.192. The summed E-state index contributed by atoms with van der Waals surface area (Å²) in [6.07, 6.45) is 4.45. The SMILES string of the molecule is CNS(=O)(=O)C1CCCN(C(=O)c2cnn3ccc(C)nc23)C1. The fraction of sp³-hybridized carbons (Fsp3) is 0.500. The number of sulfonamides is 1. The Hall–Kier alpha value is -2.00. The maximum Gasteiger partial charge on any atom is 0.259 e. The van der Waals surface area contributed by atoms with Gasteiger partial charge in [-0.3, -0.25) is 4.79 Å². The van der Waals surface area contributed by atoms with Crippen molar-refractivity contribution in [3.05, 3.63) is 29.7 Å². The maximum atomic E-state index is 12.8. The molecule has 0 radical (unpaired) electrons. The molecule has 1 saturated heterocycles. The summed E-state index contributed by atoms with van der Waals surface area (Å²) in [4.78, 5) is 18.7. The van der Waals surface area contributed by atoms with Crippen LogP contribution < -0.4 is 4.72 Å². The lowest BCUT2D eigenvalue weighted by molar-refractivity contribution is 0.0728. The van der Waals surface area contributed by atoms with E-state index in [2.05, 4.69) is 14.8 Å². The highest BCUT2D eigenvalue weighted by Gasteiger charge is 2.33. The number of aryl methyl sites for hydroxylation is 1. The van der Waals surface area contributed by atoms with Gasteiger partial charge in [-0.2, -0.15) is 5.10 Å². The van der Waals surface area contributed by atoms with Crippen molar-refractivity contribution in [1.82, 2.24) is 24.2 Å². The van der Waals surface area contributed by atoms with E-state index in [0.29, 0.717) is 30.6 Å². The first-order valence-electron chi connectivity index (χ1n) is 7.45. The molecule has 1 amide bonds. The van der Waals surface area contributed by atoms with Crippen molar-refractivity contribution in [2.24, 2.45) is 0 Å². The van der Waals surface area contributed by atoms with E-state index in [1.54, 1.807) is 15.6 Å². The predicted molar refractivity (Wildman–Crippen MR) is 84.6 cm³/mol. The van der Waals surface area contributed by atoms with Gasteiger partial charge in [-0.25, -0.2) is 22.6 Å². The zero-order valence-corrected chi connectivity index (χ0v) is 13.9. The summed E-state index contributed by atoms with van der Waals surface area (Å²) < 4.78 is 27.9. The van der Waals surface area contributed by atoms with Gasteiger partial charge >= 0.3 is 0 Å². The van der Waals surface area contributed by atoms with Crippen molar-refractivity contribution < 1.29 is 13.2 Å². The minimum atomic E-state index is -3.39. The van der Waals surface area contributed by atoms with Gasteiger partial charge in [0.2, 0.25) is 10.0 Å². The van der Waals surface area contributed by atoms with Crippen LogP contribution in [0.2, 0.25) is 0 Å². The number of likely N-dealkylation sites (tertiary alicyclic amines) is 1. The van der Waals surface area contributed by atoms with Gasteiger partial charge in [0.25, 0.3) is 5.91 Å². The zero-order chi connectivity index (χ0) is 16.6. The number of nitrogens with one attached hydrogen (secondary N) is 1. The first-order chi connectivity index (χ1) is 10.9. The van der Waals surface area contributed by atoms with Gasteiger partial charge in [0, 0.05) is 25.0 Å². The Morgan fingerprint density at radius 3 is 2.96 bits per heavy atom. The smallest absolute Gasteiger partial charge is 0.259 e. The summed E-state index contributed by atoms with van der Waals surface area (Å²) in [6, 6.07) is 1.81. The standard InChI is InChI=1S/C14H19N5O3S/c1-10-5-7-19-13(17-10)12(8-16-19)14(20)18-6-3-4-11(9-18)23(21,22)15-2/h5,7-8,11,15H,3-4,6,9H2,1-2H3. The molecule has 124 valence electrons. The van der Waals surface area contributed by atoms with E-state index in [0.717, 1.165) is 5.69 Å².